The molecule has 0 saturated heterocycles. The van der Waals surface area contributed by atoms with Crippen LogP contribution >= 0.6 is 0 Å². The van der Waals surface area contributed by atoms with Crippen molar-refractivity contribution in [2.24, 2.45) is 4.99 Å². The lowest BCUT2D eigenvalue weighted by atomic mass is 10.1. The van der Waals surface area contributed by atoms with Crippen molar-refractivity contribution in [3.8, 4) is 0 Å². The maximum absolute atomic E-state index is 10.7. The van der Waals surface area contributed by atoms with E-state index in [1.807, 2.05) is 0 Å². The highest BCUT2D eigenvalue weighted by Crippen LogP contribution is 2.11. The molecule has 0 spiro atoms. The first-order valence-corrected chi connectivity index (χ1v) is 7.77. The fraction of sp³-hybridized carbons (Fsp3) is 0.867. The average molecular weight is 284 g/mol. The number of hydrogen-bond donors (Lipinski definition) is 1. The average Bonchev–Trinajstić information content (AvgIpc) is 2.86. The van der Waals surface area contributed by atoms with Crippen LogP contribution in [0.3, 0.4) is 0 Å². The van der Waals surface area contributed by atoms with E-state index in [1.54, 1.807) is 6.92 Å². The first kappa shape index (κ1) is 17.0. The van der Waals surface area contributed by atoms with E-state index in [2.05, 4.69) is 16.8 Å². The molecule has 1 atom stereocenters. The second kappa shape index (κ2) is 9.75. The summed E-state index contributed by atoms with van der Waals surface area (Å²) < 4.78 is 5.28. The minimum atomic E-state index is -0.906. The molecular weight excluding hydrogens is 256 g/mol. The second-order valence-electron chi connectivity index (χ2n) is 5.30. The number of carboxylic acid groups (broad SMARTS) is 1. The van der Waals surface area contributed by atoms with Crippen molar-refractivity contribution in [2.45, 2.75) is 58.5 Å². The molecular formula is C15H28N2O3. The summed E-state index contributed by atoms with van der Waals surface area (Å²) in [5.74, 6) is 0.268. The molecule has 116 valence electrons. The zero-order chi connectivity index (χ0) is 14.8. The number of aliphatic imine (C=N–C) groups is 1. The third-order valence-electron chi connectivity index (χ3n) is 3.61. The van der Waals surface area contributed by atoms with Crippen LogP contribution in [0.2, 0.25) is 0 Å². The number of nitrogens with zero attached hydrogens (tertiary/aromatic N) is 2. The predicted molar refractivity (Wildman–Crippen MR) is 80.3 cm³/mol. The van der Waals surface area contributed by atoms with Gasteiger partial charge in [0.2, 0.25) is 0 Å². The summed E-state index contributed by atoms with van der Waals surface area (Å²) >= 11 is 0. The summed E-state index contributed by atoms with van der Waals surface area (Å²) in [6, 6.07) is 0. The Morgan fingerprint density at radius 1 is 1.40 bits per heavy atom. The van der Waals surface area contributed by atoms with Crippen molar-refractivity contribution in [2.75, 3.05) is 26.2 Å². The first-order valence-electron chi connectivity index (χ1n) is 7.77. The van der Waals surface area contributed by atoms with Crippen molar-refractivity contribution < 1.29 is 14.6 Å². The monoisotopic (exact) mass is 284 g/mol. The van der Waals surface area contributed by atoms with E-state index in [0.29, 0.717) is 6.61 Å². The van der Waals surface area contributed by atoms with Crippen molar-refractivity contribution in [1.82, 2.24) is 4.90 Å². The van der Waals surface area contributed by atoms with Crippen molar-refractivity contribution >= 4 is 11.8 Å². The second-order valence-corrected chi connectivity index (χ2v) is 5.30. The van der Waals surface area contributed by atoms with E-state index < -0.39 is 12.1 Å². The molecule has 1 unspecified atom stereocenters. The summed E-state index contributed by atoms with van der Waals surface area (Å²) in [5, 5.41) is 8.75. The van der Waals surface area contributed by atoms with Crippen LogP contribution in [-0.2, 0) is 9.53 Å². The Morgan fingerprint density at radius 2 is 2.15 bits per heavy atom. The maximum atomic E-state index is 10.7. The van der Waals surface area contributed by atoms with E-state index in [1.165, 1.54) is 37.9 Å². The highest BCUT2D eigenvalue weighted by Gasteiger charge is 2.17. The third kappa shape index (κ3) is 6.37. The molecule has 0 saturated carbocycles. The van der Waals surface area contributed by atoms with Crippen molar-refractivity contribution in [3.63, 3.8) is 0 Å². The lowest BCUT2D eigenvalue weighted by Gasteiger charge is -2.21. The molecule has 0 aliphatic carbocycles. The zero-order valence-corrected chi connectivity index (χ0v) is 12.8. The molecule has 1 aliphatic rings. The molecule has 1 N–H and O–H groups in total. The highest BCUT2D eigenvalue weighted by molar-refractivity contribution is 5.83. The van der Waals surface area contributed by atoms with Gasteiger partial charge in [0.15, 0.2) is 6.10 Å². The molecule has 5 nitrogen and oxygen atoms in total. The molecule has 1 aliphatic heterocycles. The topological polar surface area (TPSA) is 62.1 Å². The van der Waals surface area contributed by atoms with Crippen LogP contribution in [0.1, 0.15) is 52.4 Å². The fourth-order valence-corrected chi connectivity index (χ4v) is 2.30. The molecule has 0 fully saturated rings. The minimum Gasteiger partial charge on any atom is -0.479 e. The molecule has 1 heterocycles. The van der Waals surface area contributed by atoms with Gasteiger partial charge in [-0.05, 0) is 13.3 Å². The van der Waals surface area contributed by atoms with E-state index in [4.69, 9.17) is 9.84 Å². The molecule has 0 aromatic rings. The van der Waals surface area contributed by atoms with E-state index in [0.717, 1.165) is 26.1 Å². The Morgan fingerprint density at radius 3 is 2.85 bits per heavy atom. The van der Waals surface area contributed by atoms with Gasteiger partial charge in [-0.2, -0.15) is 0 Å². The summed E-state index contributed by atoms with van der Waals surface area (Å²) in [6.45, 7) is 6.78. The van der Waals surface area contributed by atoms with Gasteiger partial charge in [0.1, 0.15) is 0 Å². The van der Waals surface area contributed by atoms with Crippen LogP contribution in [-0.4, -0.2) is 54.2 Å². The van der Waals surface area contributed by atoms with Gasteiger partial charge in [0.25, 0.3) is 0 Å². The van der Waals surface area contributed by atoms with Gasteiger partial charge in [-0.25, -0.2) is 4.79 Å². The van der Waals surface area contributed by atoms with Crippen LogP contribution in [0.4, 0.5) is 0 Å². The van der Waals surface area contributed by atoms with Crippen molar-refractivity contribution in [1.29, 1.82) is 0 Å². The van der Waals surface area contributed by atoms with Crippen LogP contribution in [0, 0.1) is 0 Å². The molecule has 0 aromatic heterocycles. The van der Waals surface area contributed by atoms with Gasteiger partial charge in [-0.15, -0.1) is 0 Å². The molecule has 0 amide bonds. The fourth-order valence-electron chi connectivity index (χ4n) is 2.30. The largest absolute Gasteiger partial charge is 0.479 e. The van der Waals surface area contributed by atoms with E-state index in [-0.39, 0.29) is 0 Å². The van der Waals surface area contributed by atoms with Gasteiger partial charge >= 0.3 is 5.97 Å². The standard InChI is InChI=1S/C15H28N2O3/c1-3-4-5-6-7-8-14-16-9-10-17(14)11-12-20-13(2)15(18)19/h13H,3-12H2,1-2H3,(H,18,19). The number of carbonyl (C=O) groups is 1. The van der Waals surface area contributed by atoms with E-state index >= 15 is 0 Å². The van der Waals surface area contributed by atoms with Crippen LogP contribution in [0.5, 0.6) is 0 Å². The molecule has 0 aromatic carbocycles. The highest BCUT2D eigenvalue weighted by atomic mass is 16.5. The quantitative estimate of drug-likeness (QED) is 0.592. The number of rotatable bonds is 11. The molecule has 5 heteroatoms. The normalized spacial score (nSPS) is 16.3. The Hall–Kier alpha value is -1.10. The smallest absolute Gasteiger partial charge is 0.332 e. The van der Waals surface area contributed by atoms with Crippen LogP contribution in [0.15, 0.2) is 4.99 Å². The van der Waals surface area contributed by atoms with Gasteiger partial charge in [-0.3, -0.25) is 4.99 Å². The van der Waals surface area contributed by atoms with Crippen LogP contribution < -0.4 is 0 Å². The Kier molecular flexibility index (Phi) is 8.26. The van der Waals surface area contributed by atoms with Gasteiger partial charge in [-0.1, -0.05) is 32.6 Å². The molecule has 1 rings (SSSR count). The van der Waals surface area contributed by atoms with E-state index in [9.17, 15) is 4.79 Å². The van der Waals surface area contributed by atoms with Gasteiger partial charge < -0.3 is 14.7 Å². The number of carboxylic acids is 1. The zero-order valence-electron chi connectivity index (χ0n) is 12.8. The third-order valence-corrected chi connectivity index (χ3v) is 3.61. The molecule has 20 heavy (non-hydrogen) atoms. The Balaban J connectivity index is 2.15. The lowest BCUT2D eigenvalue weighted by Crippen LogP contribution is -2.33. The summed E-state index contributed by atoms with van der Waals surface area (Å²) in [5.41, 5.74) is 0. The number of amidine groups is 1. The van der Waals surface area contributed by atoms with Gasteiger partial charge in [0.05, 0.1) is 19.0 Å². The Labute approximate surface area is 122 Å². The maximum Gasteiger partial charge on any atom is 0.332 e. The number of hydrogen-bond acceptors (Lipinski definition) is 4. The molecule has 0 radical (unpaired) electrons. The van der Waals surface area contributed by atoms with Gasteiger partial charge in [0, 0.05) is 19.5 Å². The molecule has 0 bridgehead atoms. The lowest BCUT2D eigenvalue weighted by molar-refractivity contribution is -0.149. The SMILES string of the molecule is CCCCCCCC1=NCCN1CCOC(C)C(=O)O. The summed E-state index contributed by atoms with van der Waals surface area (Å²) in [4.78, 5) is 17.4. The predicted octanol–water partition coefficient (Wildman–Crippen LogP) is 2.55. The summed E-state index contributed by atoms with van der Waals surface area (Å²) in [6.07, 6.45) is 6.67. The number of unbranched alkanes of at least 4 members (excludes halogenated alkanes) is 4. The summed E-state index contributed by atoms with van der Waals surface area (Å²) in [7, 11) is 0. The first-order chi connectivity index (χ1) is 9.65. The minimum absolute atomic E-state index is 0.447. The van der Waals surface area contributed by atoms with Crippen LogP contribution in [0.25, 0.3) is 0 Å². The Bertz CT molecular complexity index is 318. The number of ether oxygens (including phenoxy) is 1. The number of aliphatic carboxylic acids is 1. The van der Waals surface area contributed by atoms with Crippen molar-refractivity contribution in [3.05, 3.63) is 0 Å².